The highest BCUT2D eigenvalue weighted by Crippen LogP contribution is 2.22. The van der Waals surface area contributed by atoms with Crippen molar-refractivity contribution >= 4 is 12.2 Å². The van der Waals surface area contributed by atoms with E-state index in [9.17, 15) is 14.0 Å². The molecule has 2 heterocycles. The van der Waals surface area contributed by atoms with Crippen molar-refractivity contribution in [2.45, 2.75) is 0 Å². The van der Waals surface area contributed by atoms with Crippen molar-refractivity contribution in [1.82, 2.24) is 19.9 Å². The second-order valence-electron chi connectivity index (χ2n) is 6.13. The van der Waals surface area contributed by atoms with Gasteiger partial charge in [0.2, 0.25) is 0 Å². The Bertz CT molecular complexity index is 1370. The average Bonchev–Trinajstić information content (AvgIpc) is 3.21. The van der Waals surface area contributed by atoms with Crippen LogP contribution in [0.4, 0.5) is 4.39 Å². The molecule has 0 amide bonds. The summed E-state index contributed by atoms with van der Waals surface area (Å²) in [7, 11) is 0. The monoisotopic (exact) mass is 390 g/mol. The van der Waals surface area contributed by atoms with Crippen LogP contribution in [-0.4, -0.2) is 19.9 Å². The number of aromatic nitrogens is 4. The normalized spacial score (nSPS) is 12.3. The Morgan fingerprint density at radius 3 is 2.31 bits per heavy atom. The second kappa shape index (κ2) is 7.81. The first-order chi connectivity index (χ1) is 14.1. The van der Waals surface area contributed by atoms with E-state index in [1.807, 2.05) is 0 Å². The molecule has 7 nitrogen and oxygen atoms in total. The molecule has 0 saturated carbocycles. The molecule has 0 aliphatic carbocycles. The van der Waals surface area contributed by atoms with Gasteiger partial charge in [-0.2, -0.15) is 0 Å². The van der Waals surface area contributed by atoms with Crippen molar-refractivity contribution in [3.05, 3.63) is 110 Å². The van der Waals surface area contributed by atoms with Gasteiger partial charge in [0.1, 0.15) is 33.8 Å². The van der Waals surface area contributed by atoms with E-state index in [1.165, 1.54) is 36.4 Å². The van der Waals surface area contributed by atoms with Gasteiger partial charge in [-0.05, 0) is 48.0 Å². The van der Waals surface area contributed by atoms with Crippen molar-refractivity contribution in [2.75, 3.05) is 0 Å². The highest BCUT2D eigenvalue weighted by atomic mass is 19.1. The number of nitrogens with zero attached hydrogens (tertiary/aromatic N) is 1. The predicted molar refractivity (Wildman–Crippen MR) is 106 cm³/mol. The summed E-state index contributed by atoms with van der Waals surface area (Å²) >= 11 is 0. The minimum absolute atomic E-state index is 0.0930. The SMILES string of the molecule is O=c1[nH]/c(=C\c2ncc[nH]2)c(=O)[nH]/c1=C\c1cccc(Oc2ccc(F)cc2)c1. The largest absolute Gasteiger partial charge is 0.457 e. The number of hydrogen-bond acceptors (Lipinski definition) is 4. The summed E-state index contributed by atoms with van der Waals surface area (Å²) in [4.78, 5) is 36.6. The fourth-order valence-electron chi connectivity index (χ4n) is 2.66. The van der Waals surface area contributed by atoms with Gasteiger partial charge in [-0.15, -0.1) is 0 Å². The van der Waals surface area contributed by atoms with Crippen LogP contribution in [0, 0.1) is 5.82 Å². The molecule has 144 valence electrons. The maximum Gasteiger partial charge on any atom is 0.272 e. The molecular formula is C21H15FN4O3. The van der Waals surface area contributed by atoms with Crippen LogP contribution < -0.4 is 26.6 Å². The first-order valence-corrected chi connectivity index (χ1v) is 8.66. The van der Waals surface area contributed by atoms with E-state index in [4.69, 9.17) is 4.74 Å². The number of H-pyrrole nitrogens is 3. The zero-order valence-corrected chi connectivity index (χ0v) is 15.0. The van der Waals surface area contributed by atoms with Gasteiger partial charge in [0.15, 0.2) is 0 Å². The van der Waals surface area contributed by atoms with E-state index in [-0.39, 0.29) is 16.5 Å². The molecule has 2 aromatic heterocycles. The molecule has 8 heteroatoms. The molecule has 0 radical (unpaired) electrons. The topological polar surface area (TPSA) is 104 Å². The number of hydrogen-bond donors (Lipinski definition) is 3. The van der Waals surface area contributed by atoms with E-state index in [0.717, 1.165) is 0 Å². The fraction of sp³-hybridized carbons (Fsp3) is 0. The number of rotatable bonds is 4. The van der Waals surface area contributed by atoms with E-state index >= 15 is 0 Å². The fourth-order valence-corrected chi connectivity index (χ4v) is 2.66. The molecule has 0 unspecified atom stereocenters. The summed E-state index contributed by atoms with van der Waals surface area (Å²) in [5.74, 6) is 1.09. The zero-order chi connectivity index (χ0) is 20.2. The Balaban J connectivity index is 1.68. The second-order valence-corrected chi connectivity index (χ2v) is 6.13. The first kappa shape index (κ1) is 18.2. The van der Waals surface area contributed by atoms with Crippen molar-refractivity contribution in [1.29, 1.82) is 0 Å². The summed E-state index contributed by atoms with van der Waals surface area (Å²) in [5, 5.41) is 0.195. The lowest BCUT2D eigenvalue weighted by Gasteiger charge is -2.06. The number of ether oxygens (including phenoxy) is 1. The summed E-state index contributed by atoms with van der Waals surface area (Å²) in [6, 6.07) is 12.6. The van der Waals surface area contributed by atoms with Crippen LogP contribution in [0.3, 0.4) is 0 Å². The lowest BCUT2D eigenvalue weighted by molar-refractivity contribution is 0.480. The van der Waals surface area contributed by atoms with E-state index in [0.29, 0.717) is 22.9 Å². The Labute approximate surface area is 162 Å². The molecule has 29 heavy (non-hydrogen) atoms. The van der Waals surface area contributed by atoms with Crippen LogP contribution in [0.5, 0.6) is 11.5 Å². The first-order valence-electron chi connectivity index (χ1n) is 8.66. The standard InChI is InChI=1S/C21H15FN4O3/c22-14-4-6-15(7-5-14)29-16-3-1-2-13(10-16)11-17-20(27)26-18(21(28)25-17)12-19-23-8-9-24-19/h1-12H,(H,23,24)(H,25,28)(H,26,27)/b17-11-,18-12-. The third-order valence-electron chi connectivity index (χ3n) is 4.00. The lowest BCUT2D eigenvalue weighted by Crippen LogP contribution is -2.46. The van der Waals surface area contributed by atoms with Gasteiger partial charge >= 0.3 is 0 Å². The maximum absolute atomic E-state index is 13.0. The van der Waals surface area contributed by atoms with Crippen LogP contribution in [0.15, 0.2) is 70.5 Å². The van der Waals surface area contributed by atoms with Crippen LogP contribution >= 0.6 is 0 Å². The minimum Gasteiger partial charge on any atom is -0.457 e. The minimum atomic E-state index is -0.453. The van der Waals surface area contributed by atoms with Crippen molar-refractivity contribution in [3.63, 3.8) is 0 Å². The lowest BCUT2D eigenvalue weighted by atomic mass is 10.2. The molecule has 2 aromatic carbocycles. The summed E-state index contributed by atoms with van der Waals surface area (Å²) in [6.07, 6.45) is 6.14. The molecule has 0 atom stereocenters. The average molecular weight is 390 g/mol. The van der Waals surface area contributed by atoms with Gasteiger partial charge < -0.3 is 19.7 Å². The van der Waals surface area contributed by atoms with Gasteiger partial charge in [-0.1, -0.05) is 12.1 Å². The quantitative estimate of drug-likeness (QED) is 0.490. The van der Waals surface area contributed by atoms with Gasteiger partial charge in [0.25, 0.3) is 11.1 Å². The number of benzene rings is 2. The Kier molecular flexibility index (Phi) is 4.90. The molecule has 0 aliphatic rings. The third-order valence-corrected chi connectivity index (χ3v) is 4.00. The molecule has 0 aliphatic heterocycles. The molecule has 4 aromatic rings. The molecule has 0 bridgehead atoms. The number of nitrogens with one attached hydrogen (secondary N) is 3. The van der Waals surface area contributed by atoms with Gasteiger partial charge in [0, 0.05) is 18.5 Å². The van der Waals surface area contributed by atoms with Crippen LogP contribution in [0.2, 0.25) is 0 Å². The molecule has 4 rings (SSSR count). The molecule has 0 fully saturated rings. The van der Waals surface area contributed by atoms with Gasteiger partial charge in [-0.3, -0.25) is 9.59 Å². The Morgan fingerprint density at radius 2 is 1.62 bits per heavy atom. The zero-order valence-electron chi connectivity index (χ0n) is 15.0. The molecule has 0 spiro atoms. The van der Waals surface area contributed by atoms with Crippen molar-refractivity contribution < 1.29 is 9.13 Å². The summed E-state index contributed by atoms with van der Waals surface area (Å²) in [6.45, 7) is 0. The summed E-state index contributed by atoms with van der Waals surface area (Å²) in [5.41, 5.74) is -0.258. The highest BCUT2D eigenvalue weighted by molar-refractivity contribution is 5.51. The maximum atomic E-state index is 13.0. The Hall–Kier alpha value is -4.20. The van der Waals surface area contributed by atoms with Gasteiger partial charge in [-0.25, -0.2) is 9.37 Å². The number of imidazole rings is 1. The molecule has 3 N–H and O–H groups in total. The highest BCUT2D eigenvalue weighted by Gasteiger charge is 2.01. The van der Waals surface area contributed by atoms with Crippen LogP contribution in [0.1, 0.15) is 11.4 Å². The number of aromatic amines is 3. The predicted octanol–water partition coefficient (Wildman–Crippen LogP) is 1.38. The molecular weight excluding hydrogens is 375 g/mol. The van der Waals surface area contributed by atoms with E-state index < -0.39 is 11.1 Å². The van der Waals surface area contributed by atoms with Crippen LogP contribution in [0.25, 0.3) is 12.2 Å². The van der Waals surface area contributed by atoms with E-state index in [1.54, 1.807) is 36.7 Å². The summed E-state index contributed by atoms with van der Waals surface area (Å²) < 4.78 is 18.7. The molecule has 0 saturated heterocycles. The third kappa shape index (κ3) is 4.38. The Morgan fingerprint density at radius 1 is 0.897 bits per heavy atom. The number of halogens is 1. The van der Waals surface area contributed by atoms with Crippen LogP contribution in [-0.2, 0) is 0 Å². The van der Waals surface area contributed by atoms with E-state index in [2.05, 4.69) is 19.9 Å². The van der Waals surface area contributed by atoms with Gasteiger partial charge in [0.05, 0.1) is 0 Å². The van der Waals surface area contributed by atoms with Crippen molar-refractivity contribution in [3.8, 4) is 11.5 Å². The smallest absolute Gasteiger partial charge is 0.272 e. The van der Waals surface area contributed by atoms with Crippen molar-refractivity contribution in [2.24, 2.45) is 0 Å².